The summed E-state index contributed by atoms with van der Waals surface area (Å²) >= 11 is 0. The summed E-state index contributed by atoms with van der Waals surface area (Å²) in [5.74, 6) is 0.0739. The van der Waals surface area contributed by atoms with Gasteiger partial charge in [-0.3, -0.25) is 9.78 Å². The van der Waals surface area contributed by atoms with Gasteiger partial charge in [0.15, 0.2) is 0 Å². The average molecular weight is 283 g/mol. The van der Waals surface area contributed by atoms with Gasteiger partial charge in [0.25, 0.3) is 0 Å². The van der Waals surface area contributed by atoms with Crippen molar-refractivity contribution in [3.63, 3.8) is 0 Å². The third-order valence-electron chi connectivity index (χ3n) is 4.26. The summed E-state index contributed by atoms with van der Waals surface area (Å²) in [4.78, 5) is 18.9. The van der Waals surface area contributed by atoms with Gasteiger partial charge in [-0.15, -0.1) is 0 Å². The molecular weight excluding hydrogens is 262 g/mol. The minimum Gasteiger partial charge on any atom is -0.342 e. The van der Waals surface area contributed by atoms with Crippen molar-refractivity contribution in [2.75, 3.05) is 19.6 Å². The van der Waals surface area contributed by atoms with Gasteiger partial charge in [0.2, 0.25) is 5.91 Å². The maximum absolute atomic E-state index is 12.5. The summed E-state index contributed by atoms with van der Waals surface area (Å²) in [7, 11) is 0. The van der Waals surface area contributed by atoms with Gasteiger partial charge in [0, 0.05) is 31.2 Å². The normalized spacial score (nSPS) is 16.3. The number of carbonyl (C=O) groups is 1. The fraction of sp³-hybridized carbons (Fsp3) is 0.412. The van der Waals surface area contributed by atoms with Gasteiger partial charge >= 0.3 is 0 Å². The molecule has 1 saturated heterocycles. The molecule has 1 atom stereocenters. The first-order chi connectivity index (χ1) is 10.3. The fourth-order valence-electron chi connectivity index (χ4n) is 3.07. The van der Waals surface area contributed by atoms with Crippen molar-refractivity contribution in [1.29, 1.82) is 0 Å². The third-order valence-corrected chi connectivity index (χ3v) is 4.26. The molecule has 1 aliphatic rings. The minimum atomic E-state index is -0.131. The summed E-state index contributed by atoms with van der Waals surface area (Å²) in [5, 5.41) is 1.12. The molecule has 0 saturated carbocycles. The Labute approximate surface area is 125 Å². The summed E-state index contributed by atoms with van der Waals surface area (Å²) in [6, 6.07) is 10.1. The Kier molecular flexibility index (Phi) is 4.15. The molecule has 3 rings (SSSR count). The van der Waals surface area contributed by atoms with E-state index in [1.807, 2.05) is 35.4 Å². The van der Waals surface area contributed by atoms with Crippen LogP contribution in [-0.2, 0) is 11.2 Å². The van der Waals surface area contributed by atoms with E-state index in [1.54, 1.807) is 0 Å². The lowest BCUT2D eigenvalue weighted by atomic mass is 9.95. The zero-order chi connectivity index (χ0) is 14.7. The van der Waals surface area contributed by atoms with Crippen molar-refractivity contribution in [3.05, 3.63) is 42.1 Å². The van der Waals surface area contributed by atoms with Crippen LogP contribution in [0.25, 0.3) is 10.9 Å². The quantitative estimate of drug-likeness (QED) is 0.933. The average Bonchev–Trinajstić information content (AvgIpc) is 3.06. The molecule has 1 fully saturated rings. The number of nitrogens with zero attached hydrogens (tertiary/aromatic N) is 2. The lowest BCUT2D eigenvalue weighted by molar-refractivity contribution is -0.134. The van der Waals surface area contributed by atoms with Crippen LogP contribution in [0.15, 0.2) is 36.5 Å². The van der Waals surface area contributed by atoms with Gasteiger partial charge in [0.1, 0.15) is 0 Å². The fourth-order valence-corrected chi connectivity index (χ4v) is 3.07. The second kappa shape index (κ2) is 6.22. The number of hydrogen-bond acceptors (Lipinski definition) is 3. The summed E-state index contributed by atoms with van der Waals surface area (Å²) < 4.78 is 0. The predicted molar refractivity (Wildman–Crippen MR) is 83.8 cm³/mol. The highest BCUT2D eigenvalue weighted by molar-refractivity contribution is 5.84. The number of hydrogen-bond donors (Lipinski definition) is 1. The molecule has 1 unspecified atom stereocenters. The lowest BCUT2D eigenvalue weighted by Gasteiger charge is -2.22. The van der Waals surface area contributed by atoms with Crippen LogP contribution < -0.4 is 5.73 Å². The standard InChI is InChI=1S/C17H21N3O/c18-12-14(17(21)20-9-3-4-10-20)11-13-7-8-19-16-6-2-1-5-15(13)16/h1-2,5-8,14H,3-4,9-12,18H2. The number of nitrogens with two attached hydrogens (primary N) is 1. The molecule has 0 spiro atoms. The predicted octanol–water partition coefficient (Wildman–Crippen LogP) is 1.97. The topological polar surface area (TPSA) is 59.2 Å². The van der Waals surface area contributed by atoms with Crippen LogP contribution in [0.1, 0.15) is 18.4 Å². The number of para-hydroxylation sites is 1. The Balaban J connectivity index is 1.83. The Morgan fingerprint density at radius 2 is 2.00 bits per heavy atom. The Bertz CT molecular complexity index is 629. The van der Waals surface area contributed by atoms with Crippen molar-refractivity contribution in [2.45, 2.75) is 19.3 Å². The first-order valence-corrected chi connectivity index (χ1v) is 7.61. The van der Waals surface area contributed by atoms with Gasteiger partial charge in [-0.1, -0.05) is 18.2 Å². The molecule has 4 nitrogen and oxygen atoms in total. The monoisotopic (exact) mass is 283 g/mol. The number of fused-ring (bicyclic) bond motifs is 1. The number of amides is 1. The number of rotatable bonds is 4. The largest absolute Gasteiger partial charge is 0.342 e. The van der Waals surface area contributed by atoms with Gasteiger partial charge in [-0.2, -0.15) is 0 Å². The molecule has 0 radical (unpaired) electrons. The van der Waals surface area contributed by atoms with E-state index in [-0.39, 0.29) is 11.8 Å². The molecule has 1 amide bonds. The lowest BCUT2D eigenvalue weighted by Crippen LogP contribution is -2.38. The van der Waals surface area contributed by atoms with Gasteiger partial charge in [0.05, 0.1) is 11.4 Å². The highest BCUT2D eigenvalue weighted by atomic mass is 16.2. The number of likely N-dealkylation sites (tertiary alicyclic amines) is 1. The van der Waals surface area contributed by atoms with E-state index in [1.165, 1.54) is 0 Å². The highest BCUT2D eigenvalue weighted by Gasteiger charge is 2.26. The van der Waals surface area contributed by atoms with E-state index in [0.717, 1.165) is 42.4 Å². The van der Waals surface area contributed by atoms with Gasteiger partial charge < -0.3 is 10.6 Å². The van der Waals surface area contributed by atoms with Gasteiger partial charge in [-0.05, 0) is 37.0 Å². The Hall–Kier alpha value is -1.94. The molecule has 2 heterocycles. The van der Waals surface area contributed by atoms with Crippen LogP contribution in [0.3, 0.4) is 0 Å². The van der Waals surface area contributed by atoms with Crippen molar-refractivity contribution in [3.8, 4) is 0 Å². The molecule has 2 aromatic rings. The second-order valence-electron chi connectivity index (χ2n) is 5.66. The molecular formula is C17H21N3O. The maximum Gasteiger partial charge on any atom is 0.227 e. The zero-order valence-electron chi connectivity index (χ0n) is 12.2. The third kappa shape index (κ3) is 2.90. The van der Waals surface area contributed by atoms with E-state index >= 15 is 0 Å². The first kappa shape index (κ1) is 14.0. The Morgan fingerprint density at radius 1 is 1.24 bits per heavy atom. The van der Waals surface area contributed by atoms with Crippen LogP contribution in [0, 0.1) is 5.92 Å². The molecule has 1 aromatic heterocycles. The smallest absolute Gasteiger partial charge is 0.227 e. The highest BCUT2D eigenvalue weighted by Crippen LogP contribution is 2.21. The van der Waals surface area contributed by atoms with E-state index in [4.69, 9.17) is 5.73 Å². The first-order valence-electron chi connectivity index (χ1n) is 7.61. The molecule has 110 valence electrons. The summed E-state index contributed by atoms with van der Waals surface area (Å²) in [6.45, 7) is 2.16. The molecule has 0 aliphatic carbocycles. The van der Waals surface area contributed by atoms with Crippen molar-refractivity contribution in [2.24, 2.45) is 11.7 Å². The van der Waals surface area contributed by atoms with Crippen molar-refractivity contribution >= 4 is 16.8 Å². The summed E-state index contributed by atoms with van der Waals surface area (Å²) in [5.41, 5.74) is 8.00. The number of carbonyl (C=O) groups excluding carboxylic acids is 1. The zero-order valence-corrected chi connectivity index (χ0v) is 12.2. The molecule has 1 aromatic carbocycles. The van der Waals surface area contributed by atoms with Crippen molar-refractivity contribution < 1.29 is 4.79 Å². The number of pyridine rings is 1. The van der Waals surface area contributed by atoms with Crippen LogP contribution in [-0.4, -0.2) is 35.4 Å². The van der Waals surface area contributed by atoms with E-state index in [0.29, 0.717) is 13.0 Å². The van der Waals surface area contributed by atoms with E-state index in [9.17, 15) is 4.79 Å². The molecule has 1 aliphatic heterocycles. The SMILES string of the molecule is NCC(Cc1ccnc2ccccc12)C(=O)N1CCCC1. The molecule has 4 heteroatoms. The Morgan fingerprint density at radius 3 is 2.76 bits per heavy atom. The maximum atomic E-state index is 12.5. The summed E-state index contributed by atoms with van der Waals surface area (Å²) in [6.07, 6.45) is 4.73. The second-order valence-corrected chi connectivity index (χ2v) is 5.66. The van der Waals surface area contributed by atoms with Crippen LogP contribution in [0.4, 0.5) is 0 Å². The molecule has 2 N–H and O–H groups in total. The van der Waals surface area contributed by atoms with Crippen LogP contribution in [0.2, 0.25) is 0 Å². The van der Waals surface area contributed by atoms with Crippen LogP contribution >= 0.6 is 0 Å². The number of aromatic nitrogens is 1. The van der Waals surface area contributed by atoms with E-state index < -0.39 is 0 Å². The van der Waals surface area contributed by atoms with E-state index in [2.05, 4.69) is 11.1 Å². The van der Waals surface area contributed by atoms with Gasteiger partial charge in [-0.25, -0.2) is 0 Å². The molecule has 0 bridgehead atoms. The molecule has 21 heavy (non-hydrogen) atoms. The van der Waals surface area contributed by atoms with Crippen molar-refractivity contribution in [1.82, 2.24) is 9.88 Å². The minimum absolute atomic E-state index is 0.131. The number of benzene rings is 1. The van der Waals surface area contributed by atoms with Crippen LogP contribution in [0.5, 0.6) is 0 Å².